The van der Waals surface area contributed by atoms with Crippen LogP contribution in [0.15, 0.2) is 0 Å². The third-order valence-corrected chi connectivity index (χ3v) is 2.06. The van der Waals surface area contributed by atoms with Crippen LogP contribution in [0.5, 0.6) is 0 Å². The van der Waals surface area contributed by atoms with E-state index in [0.717, 1.165) is 0 Å². The molecule has 0 saturated carbocycles. The first-order valence-corrected chi connectivity index (χ1v) is 5.75. The van der Waals surface area contributed by atoms with Crippen molar-refractivity contribution < 1.29 is 62.7 Å². The van der Waals surface area contributed by atoms with Gasteiger partial charge in [0.15, 0.2) is 12.3 Å². The molecule has 0 rings (SSSR count). The van der Waals surface area contributed by atoms with E-state index in [9.17, 15) is 39.5 Å². The van der Waals surface area contributed by atoms with E-state index in [4.69, 9.17) is 23.2 Å². The Morgan fingerprint density at radius 3 is 1.29 bits per heavy atom. The lowest BCUT2D eigenvalue weighted by Gasteiger charge is -2.20. The van der Waals surface area contributed by atoms with Gasteiger partial charge in [0.2, 0.25) is 12.5 Å². The van der Waals surface area contributed by atoms with Gasteiger partial charge in [0.1, 0.15) is 0 Å². The molecule has 3 N–H and O–H groups in total. The van der Waals surface area contributed by atoms with E-state index in [1.807, 2.05) is 0 Å². The summed E-state index contributed by atoms with van der Waals surface area (Å²) in [5, 5.41) is 15.3. The fourth-order valence-electron chi connectivity index (χ4n) is 0.505. The van der Waals surface area contributed by atoms with Crippen LogP contribution in [0.3, 0.4) is 0 Å². The fourth-order valence-corrected chi connectivity index (χ4v) is 0.505. The number of halogens is 9. The summed E-state index contributed by atoms with van der Waals surface area (Å²) in [5.74, 6) is 0. The molecule has 4 unspecified atom stereocenters. The number of hydrogen-bond acceptors (Lipinski definition) is 4. The highest BCUT2D eigenvalue weighted by Crippen LogP contribution is 2.26. The topological polar surface area (TPSA) is 94.8 Å². The lowest BCUT2D eigenvalue weighted by Crippen LogP contribution is -2.44. The van der Waals surface area contributed by atoms with Crippen LogP contribution in [0.4, 0.5) is 39.5 Å². The average molecular weight is 362 g/mol. The van der Waals surface area contributed by atoms with Crippen LogP contribution in [-0.2, 0) is 10.1 Å². The molecule has 5 nitrogen and oxygen atoms in total. The largest absolute Gasteiger partial charge is 0.522 e. The Hall–Kier alpha value is -0.800. The maximum Gasteiger partial charge on any atom is 0.522 e. The summed E-state index contributed by atoms with van der Waals surface area (Å²) in [7, 11) is -5.84. The quantitative estimate of drug-likeness (QED) is 0.398. The molecule has 0 saturated heterocycles. The standard InChI is InChI=1S/C5H6F6O2.CHF3O3S/c6-1(2(7)4(9)12)3(8)5(10,11)13;2-1(3,4)8(5,6)7/h1-4,12-13H;(H,5,6,7). The summed E-state index contributed by atoms with van der Waals surface area (Å²) in [4.78, 5) is 0. The van der Waals surface area contributed by atoms with Gasteiger partial charge in [0.25, 0.3) is 0 Å². The first-order valence-electron chi connectivity index (χ1n) is 4.31. The van der Waals surface area contributed by atoms with E-state index in [0.29, 0.717) is 0 Å². The highest BCUT2D eigenvalue weighted by Gasteiger charge is 2.49. The molecule has 0 radical (unpaired) electrons. The molecule has 0 aliphatic heterocycles. The number of aliphatic hydroxyl groups excluding tert-OH is 1. The molecule has 0 spiro atoms. The number of aliphatic hydroxyl groups is 2. The van der Waals surface area contributed by atoms with Crippen LogP contribution in [0, 0.1) is 0 Å². The van der Waals surface area contributed by atoms with Gasteiger partial charge in [-0.2, -0.15) is 30.4 Å². The van der Waals surface area contributed by atoms with E-state index in [2.05, 4.69) is 0 Å². The monoisotopic (exact) mass is 362 g/mol. The molecule has 4 atom stereocenters. The molecule has 21 heavy (non-hydrogen) atoms. The van der Waals surface area contributed by atoms with Gasteiger partial charge in [-0.1, -0.05) is 0 Å². The SMILES string of the molecule is O=S(=O)(O)C(F)(F)F.OC(F)C(F)C(F)C(F)C(O)(F)F. The van der Waals surface area contributed by atoms with Crippen LogP contribution >= 0.6 is 0 Å². The Balaban J connectivity index is 0. The summed E-state index contributed by atoms with van der Waals surface area (Å²) in [5.41, 5.74) is -5.53. The van der Waals surface area contributed by atoms with Crippen LogP contribution < -0.4 is 0 Å². The Labute approximate surface area is 110 Å². The van der Waals surface area contributed by atoms with E-state index >= 15 is 0 Å². The lowest BCUT2D eigenvalue weighted by atomic mass is 10.1. The van der Waals surface area contributed by atoms with Crippen molar-refractivity contribution in [3.8, 4) is 0 Å². The minimum atomic E-state index is -5.84. The molecule has 0 bridgehead atoms. The molecule has 0 aromatic rings. The molecular formula is C6H7F9O5S. The summed E-state index contributed by atoms with van der Waals surface area (Å²) >= 11 is 0. The fraction of sp³-hybridized carbons (Fsp3) is 1.00. The second-order valence-electron chi connectivity index (χ2n) is 3.17. The summed E-state index contributed by atoms with van der Waals surface area (Å²) in [6.07, 6.45) is -19.6. The minimum Gasteiger partial charge on any atom is -0.362 e. The van der Waals surface area contributed by atoms with Crippen molar-refractivity contribution >= 4 is 10.1 Å². The van der Waals surface area contributed by atoms with E-state index < -0.39 is 46.6 Å². The zero-order valence-corrected chi connectivity index (χ0v) is 10.1. The summed E-state index contributed by atoms with van der Waals surface area (Å²) in [6, 6.07) is 0. The van der Waals surface area contributed by atoms with Crippen molar-refractivity contribution in [2.45, 2.75) is 36.5 Å². The Morgan fingerprint density at radius 2 is 1.14 bits per heavy atom. The molecule has 130 valence electrons. The Kier molecular flexibility index (Phi) is 7.98. The molecule has 0 aromatic carbocycles. The second-order valence-corrected chi connectivity index (χ2v) is 4.58. The van der Waals surface area contributed by atoms with Crippen LogP contribution in [-0.4, -0.2) is 59.7 Å². The van der Waals surface area contributed by atoms with Crippen LogP contribution in [0.1, 0.15) is 0 Å². The van der Waals surface area contributed by atoms with Crippen molar-refractivity contribution in [2.24, 2.45) is 0 Å². The first kappa shape index (κ1) is 22.5. The van der Waals surface area contributed by atoms with E-state index in [1.165, 1.54) is 0 Å². The van der Waals surface area contributed by atoms with Gasteiger partial charge in [0.05, 0.1) is 0 Å². The van der Waals surface area contributed by atoms with Crippen molar-refractivity contribution in [1.82, 2.24) is 0 Å². The Bertz CT molecular complexity index is 402. The number of hydrogen-bond donors (Lipinski definition) is 3. The highest BCUT2D eigenvalue weighted by atomic mass is 32.2. The zero-order valence-electron chi connectivity index (χ0n) is 9.28. The Morgan fingerprint density at radius 1 is 0.857 bits per heavy atom. The van der Waals surface area contributed by atoms with Gasteiger partial charge in [-0.05, 0) is 0 Å². The molecule has 15 heteroatoms. The van der Waals surface area contributed by atoms with Gasteiger partial charge in [-0.3, -0.25) is 4.55 Å². The smallest absolute Gasteiger partial charge is 0.362 e. The first-order chi connectivity index (χ1) is 8.93. The average Bonchev–Trinajstić information content (AvgIpc) is 2.22. The number of rotatable bonds is 4. The maximum absolute atomic E-state index is 12.1. The predicted octanol–water partition coefficient (Wildman–Crippen LogP) is 1.27. The molecule has 0 amide bonds. The van der Waals surface area contributed by atoms with Gasteiger partial charge in [0, 0.05) is 0 Å². The molecule has 0 fully saturated rings. The molecular weight excluding hydrogens is 355 g/mol. The summed E-state index contributed by atoms with van der Waals surface area (Å²) < 4.78 is 128. The predicted molar refractivity (Wildman–Crippen MR) is 46.6 cm³/mol. The molecule has 0 aromatic heterocycles. The van der Waals surface area contributed by atoms with Gasteiger partial charge < -0.3 is 10.2 Å². The normalized spacial score (nSPS) is 19.0. The zero-order chi connectivity index (χ0) is 17.8. The van der Waals surface area contributed by atoms with Crippen molar-refractivity contribution in [2.75, 3.05) is 0 Å². The molecule has 0 heterocycles. The molecule has 0 aliphatic carbocycles. The molecule has 0 aliphatic rings. The van der Waals surface area contributed by atoms with E-state index in [-0.39, 0.29) is 0 Å². The van der Waals surface area contributed by atoms with Crippen LogP contribution in [0.25, 0.3) is 0 Å². The minimum absolute atomic E-state index is 3.42. The number of alkyl halides is 9. The highest BCUT2D eigenvalue weighted by molar-refractivity contribution is 7.86. The van der Waals surface area contributed by atoms with Gasteiger partial charge in [-0.25, -0.2) is 17.6 Å². The van der Waals surface area contributed by atoms with Crippen molar-refractivity contribution in [3.05, 3.63) is 0 Å². The van der Waals surface area contributed by atoms with Gasteiger partial charge >= 0.3 is 21.7 Å². The third-order valence-electron chi connectivity index (χ3n) is 1.47. The van der Waals surface area contributed by atoms with Crippen molar-refractivity contribution in [1.29, 1.82) is 0 Å². The van der Waals surface area contributed by atoms with Crippen LogP contribution in [0.2, 0.25) is 0 Å². The lowest BCUT2D eigenvalue weighted by molar-refractivity contribution is -0.260. The summed E-state index contributed by atoms with van der Waals surface area (Å²) in [6.45, 7) is 0. The second kappa shape index (κ2) is 7.46. The van der Waals surface area contributed by atoms with E-state index in [1.54, 1.807) is 0 Å². The van der Waals surface area contributed by atoms with Gasteiger partial charge in [-0.15, -0.1) is 0 Å². The van der Waals surface area contributed by atoms with Crippen molar-refractivity contribution in [3.63, 3.8) is 0 Å². The maximum atomic E-state index is 12.1. The third kappa shape index (κ3) is 8.27.